The van der Waals surface area contributed by atoms with Gasteiger partial charge in [-0.1, -0.05) is 29.3 Å². The Balaban J connectivity index is 2.10. The van der Waals surface area contributed by atoms with Gasteiger partial charge in [0.1, 0.15) is 0 Å². The highest BCUT2D eigenvalue weighted by Gasteiger charge is 2.06. The van der Waals surface area contributed by atoms with Crippen LogP contribution in [0.1, 0.15) is 30.5 Å². The molecular weight excluding hydrogens is 248 g/mol. The molecule has 3 nitrogen and oxygen atoms in total. The number of nitrogens with one attached hydrogen (secondary N) is 1. The highest BCUT2D eigenvalue weighted by molar-refractivity contribution is 5.52. The lowest BCUT2D eigenvalue weighted by Crippen LogP contribution is -2.10. The van der Waals surface area contributed by atoms with Crippen LogP contribution in [-0.4, -0.2) is 11.1 Å². The van der Waals surface area contributed by atoms with Gasteiger partial charge < -0.3 is 10.1 Å². The Bertz CT molecular complexity index is 559. The molecule has 2 aromatic rings. The predicted molar refractivity (Wildman–Crippen MR) is 83.2 cm³/mol. The maximum Gasteiger partial charge on any atom is 0.237 e. The quantitative estimate of drug-likeness (QED) is 0.888. The van der Waals surface area contributed by atoms with Crippen molar-refractivity contribution >= 4 is 5.69 Å². The molecule has 0 fully saturated rings. The molecule has 1 heterocycles. The molecule has 0 atom stereocenters. The summed E-state index contributed by atoms with van der Waals surface area (Å²) in [6.07, 6.45) is 1.87. The Morgan fingerprint density at radius 3 is 2.50 bits per heavy atom. The van der Waals surface area contributed by atoms with Crippen LogP contribution in [0.25, 0.3) is 0 Å². The molecule has 0 aliphatic rings. The van der Waals surface area contributed by atoms with Crippen molar-refractivity contribution in [1.29, 1.82) is 0 Å². The van der Waals surface area contributed by atoms with Crippen molar-refractivity contribution in [2.75, 3.05) is 5.32 Å². The van der Waals surface area contributed by atoms with E-state index >= 15 is 0 Å². The summed E-state index contributed by atoms with van der Waals surface area (Å²) >= 11 is 0. The molecule has 20 heavy (non-hydrogen) atoms. The van der Waals surface area contributed by atoms with Crippen LogP contribution in [0.3, 0.4) is 0 Å². The van der Waals surface area contributed by atoms with E-state index in [1.165, 1.54) is 16.7 Å². The van der Waals surface area contributed by atoms with Gasteiger partial charge in [0.2, 0.25) is 5.88 Å². The fourth-order valence-electron chi connectivity index (χ4n) is 2.21. The zero-order valence-corrected chi connectivity index (χ0v) is 12.6. The van der Waals surface area contributed by atoms with Gasteiger partial charge in [-0.2, -0.15) is 0 Å². The van der Waals surface area contributed by atoms with E-state index in [0.717, 1.165) is 12.2 Å². The number of rotatable bonds is 5. The molecule has 0 spiro atoms. The lowest BCUT2D eigenvalue weighted by Gasteiger charge is -2.14. The largest absolute Gasteiger partial charge is 0.473 e. The molecule has 0 saturated heterocycles. The monoisotopic (exact) mass is 270 g/mol. The molecule has 3 heteroatoms. The number of ether oxygens (including phenoxy) is 1. The summed E-state index contributed by atoms with van der Waals surface area (Å²) in [5.41, 5.74) is 4.76. The fourth-order valence-corrected chi connectivity index (χ4v) is 2.21. The first-order chi connectivity index (χ1) is 9.54. The fraction of sp³-hybridized carbons (Fsp3) is 0.353. The molecule has 1 aromatic heterocycles. The van der Waals surface area contributed by atoms with Gasteiger partial charge in [-0.25, -0.2) is 4.98 Å². The Kier molecular flexibility index (Phi) is 4.61. The normalized spacial score (nSPS) is 10.7. The van der Waals surface area contributed by atoms with Crippen molar-refractivity contribution in [3.63, 3.8) is 0 Å². The van der Waals surface area contributed by atoms with Crippen LogP contribution in [0.15, 0.2) is 36.5 Å². The van der Waals surface area contributed by atoms with Crippen LogP contribution in [0.4, 0.5) is 5.69 Å². The zero-order valence-electron chi connectivity index (χ0n) is 12.6. The lowest BCUT2D eigenvalue weighted by atomic mass is 10.1. The van der Waals surface area contributed by atoms with Gasteiger partial charge in [0, 0.05) is 12.7 Å². The Hall–Kier alpha value is -2.03. The highest BCUT2D eigenvalue weighted by Crippen LogP contribution is 2.22. The summed E-state index contributed by atoms with van der Waals surface area (Å²) in [5.74, 6) is 0.659. The van der Waals surface area contributed by atoms with Crippen molar-refractivity contribution in [2.45, 2.75) is 40.3 Å². The van der Waals surface area contributed by atoms with Crippen molar-refractivity contribution in [3.8, 4) is 5.88 Å². The van der Waals surface area contributed by atoms with Crippen LogP contribution in [0.5, 0.6) is 5.88 Å². The van der Waals surface area contributed by atoms with Gasteiger partial charge in [0.15, 0.2) is 0 Å². The van der Waals surface area contributed by atoms with Gasteiger partial charge in [-0.3, -0.25) is 0 Å². The van der Waals surface area contributed by atoms with Crippen molar-refractivity contribution in [3.05, 3.63) is 53.2 Å². The molecular formula is C17H22N2O. The number of benzene rings is 1. The van der Waals surface area contributed by atoms with Crippen molar-refractivity contribution in [1.82, 2.24) is 4.98 Å². The number of anilines is 1. The van der Waals surface area contributed by atoms with Crippen LogP contribution in [-0.2, 0) is 6.54 Å². The first kappa shape index (κ1) is 14.4. The molecule has 106 valence electrons. The molecule has 0 radical (unpaired) electrons. The molecule has 0 aliphatic heterocycles. The Labute approximate surface area is 121 Å². The summed E-state index contributed by atoms with van der Waals surface area (Å²) in [4.78, 5) is 4.28. The number of hydrogen-bond acceptors (Lipinski definition) is 3. The van der Waals surface area contributed by atoms with Crippen LogP contribution >= 0.6 is 0 Å². The molecule has 0 amide bonds. The molecule has 0 bridgehead atoms. The molecule has 0 unspecified atom stereocenters. The third-order valence-electron chi connectivity index (χ3n) is 2.88. The number of aromatic nitrogens is 1. The summed E-state index contributed by atoms with van der Waals surface area (Å²) in [5, 5.41) is 3.40. The maximum absolute atomic E-state index is 5.71. The van der Waals surface area contributed by atoms with Gasteiger partial charge in [-0.05, 0) is 45.4 Å². The van der Waals surface area contributed by atoms with Crippen molar-refractivity contribution in [2.24, 2.45) is 0 Å². The highest BCUT2D eigenvalue weighted by atomic mass is 16.5. The summed E-state index contributed by atoms with van der Waals surface area (Å²) in [6, 6.07) is 10.5. The van der Waals surface area contributed by atoms with E-state index in [9.17, 15) is 0 Å². The smallest absolute Gasteiger partial charge is 0.237 e. The van der Waals surface area contributed by atoms with Crippen LogP contribution in [0.2, 0.25) is 0 Å². The third-order valence-corrected chi connectivity index (χ3v) is 2.88. The van der Waals surface area contributed by atoms with E-state index < -0.39 is 0 Å². The van der Waals surface area contributed by atoms with Crippen molar-refractivity contribution < 1.29 is 4.74 Å². The predicted octanol–water partition coefficient (Wildman–Crippen LogP) is 4.10. The number of aryl methyl sites for hydroxylation is 2. The van der Waals surface area contributed by atoms with Crippen LogP contribution < -0.4 is 10.1 Å². The minimum Gasteiger partial charge on any atom is -0.473 e. The third kappa shape index (κ3) is 3.98. The van der Waals surface area contributed by atoms with Gasteiger partial charge >= 0.3 is 0 Å². The average molecular weight is 270 g/mol. The van der Waals surface area contributed by atoms with E-state index in [1.54, 1.807) is 6.20 Å². The lowest BCUT2D eigenvalue weighted by molar-refractivity contribution is 0.234. The SMILES string of the molecule is Cc1cc(C)cc(CNc2cccnc2OC(C)C)c1. The Morgan fingerprint density at radius 2 is 1.85 bits per heavy atom. The minimum atomic E-state index is 0.117. The number of pyridine rings is 1. The first-order valence-corrected chi connectivity index (χ1v) is 6.97. The Morgan fingerprint density at radius 1 is 1.15 bits per heavy atom. The van der Waals surface area contributed by atoms with E-state index in [-0.39, 0.29) is 6.10 Å². The zero-order chi connectivity index (χ0) is 14.5. The second kappa shape index (κ2) is 6.42. The van der Waals surface area contributed by atoms with Crippen LogP contribution in [0, 0.1) is 13.8 Å². The molecule has 2 rings (SSSR count). The second-order valence-corrected chi connectivity index (χ2v) is 5.37. The van der Waals surface area contributed by atoms with E-state index in [4.69, 9.17) is 4.74 Å². The summed E-state index contributed by atoms with van der Waals surface area (Å²) in [7, 11) is 0. The standard InChI is InChI=1S/C17H22N2O/c1-12(2)20-17-16(6-5-7-18-17)19-11-15-9-13(3)8-14(4)10-15/h5-10,12,19H,11H2,1-4H3. The minimum absolute atomic E-state index is 0.117. The second-order valence-electron chi connectivity index (χ2n) is 5.37. The van der Waals surface area contributed by atoms with Gasteiger partial charge in [-0.15, -0.1) is 0 Å². The average Bonchev–Trinajstić information content (AvgIpc) is 2.36. The molecule has 1 N–H and O–H groups in total. The van der Waals surface area contributed by atoms with E-state index in [2.05, 4.69) is 42.3 Å². The maximum atomic E-state index is 5.71. The molecule has 1 aromatic carbocycles. The summed E-state index contributed by atoms with van der Waals surface area (Å²) in [6.45, 7) is 9.01. The topological polar surface area (TPSA) is 34.2 Å². The van der Waals surface area contributed by atoms with E-state index in [1.807, 2.05) is 26.0 Å². The van der Waals surface area contributed by atoms with Gasteiger partial charge in [0.25, 0.3) is 0 Å². The first-order valence-electron chi connectivity index (χ1n) is 6.97. The summed E-state index contributed by atoms with van der Waals surface area (Å²) < 4.78 is 5.71. The molecule has 0 aliphatic carbocycles. The van der Waals surface area contributed by atoms with E-state index in [0.29, 0.717) is 5.88 Å². The number of nitrogens with zero attached hydrogens (tertiary/aromatic N) is 1. The molecule has 0 saturated carbocycles. The number of hydrogen-bond donors (Lipinski definition) is 1. The van der Waals surface area contributed by atoms with Gasteiger partial charge in [0.05, 0.1) is 11.8 Å².